The number of halogens is 2. The summed E-state index contributed by atoms with van der Waals surface area (Å²) in [6, 6.07) is 10.9. The number of anilines is 1. The minimum atomic E-state index is -0.345. The number of aromatic nitrogens is 2. The molecule has 0 atom stereocenters. The Labute approximate surface area is 118 Å². The van der Waals surface area contributed by atoms with Gasteiger partial charge in [-0.25, -0.2) is 9.37 Å². The largest absolute Gasteiger partial charge is 0.369 e. The molecule has 0 spiro atoms. The highest BCUT2D eigenvalue weighted by molar-refractivity contribution is 9.10. The van der Waals surface area contributed by atoms with E-state index >= 15 is 0 Å². The van der Waals surface area contributed by atoms with E-state index in [2.05, 4.69) is 20.9 Å². The first-order chi connectivity index (χ1) is 9.08. The summed E-state index contributed by atoms with van der Waals surface area (Å²) in [5.74, 6) is 0.00346. The fourth-order valence-electron chi connectivity index (χ4n) is 2.16. The van der Waals surface area contributed by atoms with Crippen molar-refractivity contribution < 1.29 is 4.39 Å². The lowest BCUT2D eigenvalue weighted by molar-refractivity contribution is 0.623. The molecule has 0 fully saturated rings. The second-order valence-electron chi connectivity index (χ2n) is 4.35. The van der Waals surface area contributed by atoms with Gasteiger partial charge in [-0.1, -0.05) is 18.2 Å². The van der Waals surface area contributed by atoms with Crippen LogP contribution in [0.15, 0.2) is 40.9 Å². The molecule has 0 saturated heterocycles. The van der Waals surface area contributed by atoms with Gasteiger partial charge in [-0.15, -0.1) is 0 Å². The van der Waals surface area contributed by atoms with E-state index in [0.717, 1.165) is 16.8 Å². The van der Waals surface area contributed by atoms with Crippen molar-refractivity contribution in [2.75, 3.05) is 5.73 Å². The summed E-state index contributed by atoms with van der Waals surface area (Å²) in [6.07, 6.45) is 0. The number of nitrogen functional groups attached to an aromatic ring is 1. The van der Waals surface area contributed by atoms with Crippen LogP contribution in [0, 0.1) is 12.7 Å². The Balaban J connectivity index is 2.38. The van der Waals surface area contributed by atoms with Crippen LogP contribution in [0.3, 0.4) is 0 Å². The second-order valence-corrected chi connectivity index (χ2v) is 5.20. The molecule has 2 aromatic carbocycles. The molecule has 19 heavy (non-hydrogen) atoms. The summed E-state index contributed by atoms with van der Waals surface area (Å²) in [6.45, 7) is 2.00. The Morgan fingerprint density at radius 1 is 1.26 bits per heavy atom. The van der Waals surface area contributed by atoms with E-state index in [9.17, 15) is 4.39 Å². The molecule has 2 N–H and O–H groups in total. The quantitative estimate of drug-likeness (QED) is 0.741. The van der Waals surface area contributed by atoms with Crippen molar-refractivity contribution in [3.63, 3.8) is 0 Å². The molecule has 1 aromatic heterocycles. The molecule has 0 aliphatic heterocycles. The predicted octanol–water partition coefficient (Wildman–Crippen LogP) is 3.82. The van der Waals surface area contributed by atoms with Crippen LogP contribution in [0.25, 0.3) is 16.7 Å². The summed E-state index contributed by atoms with van der Waals surface area (Å²) in [5, 5.41) is 0. The van der Waals surface area contributed by atoms with Crippen LogP contribution < -0.4 is 5.73 Å². The van der Waals surface area contributed by atoms with Gasteiger partial charge in [0.15, 0.2) is 0 Å². The van der Waals surface area contributed by atoms with Gasteiger partial charge in [0.05, 0.1) is 21.2 Å². The van der Waals surface area contributed by atoms with Crippen LogP contribution in [0.1, 0.15) is 5.56 Å². The number of nitrogens with two attached hydrogens (primary N) is 1. The van der Waals surface area contributed by atoms with Crippen molar-refractivity contribution in [3.05, 3.63) is 52.3 Å². The Kier molecular flexibility index (Phi) is 2.78. The van der Waals surface area contributed by atoms with Crippen molar-refractivity contribution in [2.45, 2.75) is 6.92 Å². The van der Waals surface area contributed by atoms with Crippen molar-refractivity contribution in [1.82, 2.24) is 9.55 Å². The normalized spacial score (nSPS) is 11.1. The number of hydrogen-bond donors (Lipinski definition) is 1. The van der Waals surface area contributed by atoms with Crippen LogP contribution in [0.2, 0.25) is 0 Å². The number of hydrogen-bond acceptors (Lipinski definition) is 2. The zero-order valence-corrected chi connectivity index (χ0v) is 11.8. The van der Waals surface area contributed by atoms with Crippen LogP contribution in [0.4, 0.5) is 10.3 Å². The summed E-state index contributed by atoms with van der Waals surface area (Å²) >= 11 is 3.19. The topological polar surface area (TPSA) is 43.8 Å². The number of para-hydroxylation sites is 1. The zero-order valence-electron chi connectivity index (χ0n) is 10.2. The minimum Gasteiger partial charge on any atom is -0.369 e. The smallest absolute Gasteiger partial charge is 0.205 e. The van der Waals surface area contributed by atoms with Crippen LogP contribution in [-0.4, -0.2) is 9.55 Å². The number of benzene rings is 2. The number of aryl methyl sites for hydroxylation is 1. The molecule has 96 valence electrons. The Bertz CT molecular complexity index is 780. The molecular formula is C14H11BrFN3. The summed E-state index contributed by atoms with van der Waals surface area (Å²) in [4.78, 5) is 4.21. The van der Waals surface area contributed by atoms with Crippen LogP contribution >= 0.6 is 15.9 Å². The number of imidazole rings is 1. The van der Waals surface area contributed by atoms with Gasteiger partial charge in [0.25, 0.3) is 0 Å². The van der Waals surface area contributed by atoms with Gasteiger partial charge in [-0.05, 0) is 40.5 Å². The first kappa shape index (κ1) is 12.2. The van der Waals surface area contributed by atoms with Gasteiger partial charge in [0.1, 0.15) is 5.82 Å². The van der Waals surface area contributed by atoms with E-state index in [4.69, 9.17) is 5.73 Å². The third-order valence-electron chi connectivity index (χ3n) is 3.08. The first-order valence-corrected chi connectivity index (χ1v) is 6.56. The molecule has 1 heterocycles. The Morgan fingerprint density at radius 2 is 2.00 bits per heavy atom. The maximum Gasteiger partial charge on any atom is 0.205 e. The monoisotopic (exact) mass is 319 g/mol. The molecule has 0 amide bonds. The average molecular weight is 320 g/mol. The Hall–Kier alpha value is -1.88. The molecule has 0 aliphatic rings. The van der Waals surface area contributed by atoms with E-state index in [-0.39, 0.29) is 5.82 Å². The first-order valence-electron chi connectivity index (χ1n) is 5.77. The van der Waals surface area contributed by atoms with Crippen molar-refractivity contribution in [3.8, 4) is 5.69 Å². The van der Waals surface area contributed by atoms with Gasteiger partial charge in [-0.3, -0.25) is 4.57 Å². The number of fused-ring (bicyclic) bond motifs is 1. The lowest BCUT2D eigenvalue weighted by Gasteiger charge is -2.09. The van der Waals surface area contributed by atoms with Crippen molar-refractivity contribution >= 4 is 32.9 Å². The highest BCUT2D eigenvalue weighted by atomic mass is 79.9. The number of nitrogens with zero attached hydrogens (tertiary/aromatic N) is 2. The van der Waals surface area contributed by atoms with E-state index in [1.54, 1.807) is 6.07 Å². The number of rotatable bonds is 1. The van der Waals surface area contributed by atoms with E-state index < -0.39 is 0 Å². The van der Waals surface area contributed by atoms with E-state index in [1.165, 1.54) is 6.07 Å². The molecule has 0 aliphatic carbocycles. The molecule has 0 bridgehead atoms. The predicted molar refractivity (Wildman–Crippen MR) is 77.9 cm³/mol. The molecule has 3 nitrogen and oxygen atoms in total. The van der Waals surface area contributed by atoms with Crippen molar-refractivity contribution in [1.29, 1.82) is 0 Å². The van der Waals surface area contributed by atoms with Crippen molar-refractivity contribution in [2.24, 2.45) is 0 Å². The lowest BCUT2D eigenvalue weighted by Crippen LogP contribution is -2.02. The minimum absolute atomic E-state index is 0.345. The highest BCUT2D eigenvalue weighted by Crippen LogP contribution is 2.28. The molecule has 5 heteroatoms. The maximum atomic E-state index is 13.5. The maximum absolute atomic E-state index is 13.5. The van der Waals surface area contributed by atoms with Crippen LogP contribution in [0.5, 0.6) is 0 Å². The molecule has 0 radical (unpaired) electrons. The Morgan fingerprint density at radius 3 is 2.74 bits per heavy atom. The summed E-state index contributed by atoms with van der Waals surface area (Å²) in [7, 11) is 0. The van der Waals surface area contributed by atoms with E-state index in [0.29, 0.717) is 15.9 Å². The lowest BCUT2D eigenvalue weighted by atomic mass is 10.2. The highest BCUT2D eigenvalue weighted by Gasteiger charge is 2.13. The van der Waals surface area contributed by atoms with E-state index in [1.807, 2.05) is 35.8 Å². The zero-order chi connectivity index (χ0) is 13.6. The second kappa shape index (κ2) is 4.35. The average Bonchev–Trinajstić information content (AvgIpc) is 2.66. The fourth-order valence-corrected chi connectivity index (χ4v) is 2.49. The fraction of sp³-hybridized carbons (Fsp3) is 0.0714. The standard InChI is InChI=1S/C14H11BrFN3/c1-8-4-2-3-5-12(8)19-13-6-9(15)10(16)7-11(13)18-14(19)17/h2-7H,1H3,(H2,17,18). The summed E-state index contributed by atoms with van der Waals surface area (Å²) < 4.78 is 15.8. The molecule has 0 saturated carbocycles. The SMILES string of the molecule is Cc1ccccc1-n1c(N)nc2cc(F)c(Br)cc21. The molecule has 3 rings (SSSR count). The molecular weight excluding hydrogens is 309 g/mol. The van der Waals surface area contributed by atoms with Gasteiger partial charge in [-0.2, -0.15) is 0 Å². The summed E-state index contributed by atoms with van der Waals surface area (Å²) in [5.41, 5.74) is 9.31. The van der Waals surface area contributed by atoms with Gasteiger partial charge >= 0.3 is 0 Å². The molecule has 3 aromatic rings. The third kappa shape index (κ3) is 1.90. The van der Waals surface area contributed by atoms with Gasteiger partial charge < -0.3 is 5.73 Å². The van der Waals surface area contributed by atoms with Gasteiger partial charge in [0, 0.05) is 6.07 Å². The van der Waals surface area contributed by atoms with Gasteiger partial charge in [0.2, 0.25) is 5.95 Å². The molecule has 0 unspecified atom stereocenters. The third-order valence-corrected chi connectivity index (χ3v) is 3.69. The van der Waals surface area contributed by atoms with Crippen LogP contribution in [-0.2, 0) is 0 Å².